The summed E-state index contributed by atoms with van der Waals surface area (Å²) in [5.41, 5.74) is 0. The maximum absolute atomic E-state index is 11.9. The van der Waals surface area contributed by atoms with Gasteiger partial charge in [-0.05, 0) is 20.5 Å². The number of hydrogen-bond donors (Lipinski definition) is 1. The van der Waals surface area contributed by atoms with Gasteiger partial charge in [-0.25, -0.2) is 0 Å². The Morgan fingerprint density at radius 1 is 1.57 bits per heavy atom. The number of likely N-dealkylation sites (N-methyl/N-ethyl adjacent to an activating group) is 1. The third-order valence-electron chi connectivity index (χ3n) is 3.57. The van der Waals surface area contributed by atoms with E-state index in [4.69, 9.17) is 9.26 Å². The van der Waals surface area contributed by atoms with E-state index in [9.17, 15) is 4.79 Å². The Kier molecular flexibility index (Phi) is 5.66. The fraction of sp³-hybridized carbons (Fsp3) is 0.769. The lowest BCUT2D eigenvalue weighted by molar-refractivity contribution is -0.122. The number of hydrogen-bond acceptors (Lipinski definition) is 7. The third kappa shape index (κ3) is 4.76. The lowest BCUT2D eigenvalue weighted by Gasteiger charge is -2.19. The molecule has 1 amide bonds. The van der Waals surface area contributed by atoms with Gasteiger partial charge < -0.3 is 19.5 Å². The highest BCUT2D eigenvalue weighted by Gasteiger charge is 2.25. The van der Waals surface area contributed by atoms with Gasteiger partial charge in [-0.2, -0.15) is 4.98 Å². The first kappa shape index (κ1) is 15.9. The minimum absolute atomic E-state index is 0.0208. The molecule has 1 aromatic heterocycles. The summed E-state index contributed by atoms with van der Waals surface area (Å²) in [6.45, 7) is 2.85. The van der Waals surface area contributed by atoms with Crippen molar-refractivity contribution >= 4 is 5.91 Å². The molecular formula is C13H23N5O3. The standard InChI is InChI=1S/C13H23N5O3/c1-17(2)10-4-5-18(7-10)8-12(19)14-6-11-15-13(9-20-3)21-16-11/h10H,4-9H2,1-3H3,(H,14,19)/t10-/m0/s1. The Bertz CT molecular complexity index is 462. The topological polar surface area (TPSA) is 83.7 Å². The normalized spacial score (nSPS) is 19.3. The van der Waals surface area contributed by atoms with Crippen LogP contribution in [0.4, 0.5) is 0 Å². The number of aromatic nitrogens is 2. The van der Waals surface area contributed by atoms with Crippen LogP contribution in [0, 0.1) is 0 Å². The predicted octanol–water partition coefficient (Wildman–Crippen LogP) is -0.532. The summed E-state index contributed by atoms with van der Waals surface area (Å²) >= 11 is 0. The highest BCUT2D eigenvalue weighted by atomic mass is 16.5. The molecular weight excluding hydrogens is 274 g/mol. The summed E-state index contributed by atoms with van der Waals surface area (Å²) in [6, 6.07) is 0.534. The van der Waals surface area contributed by atoms with E-state index in [0.29, 0.717) is 24.3 Å². The van der Waals surface area contributed by atoms with Gasteiger partial charge in [0.1, 0.15) is 6.61 Å². The molecule has 8 nitrogen and oxygen atoms in total. The first-order valence-electron chi connectivity index (χ1n) is 7.04. The zero-order chi connectivity index (χ0) is 15.2. The van der Waals surface area contributed by atoms with Gasteiger partial charge in [0.15, 0.2) is 5.82 Å². The summed E-state index contributed by atoms with van der Waals surface area (Å²) in [7, 11) is 5.70. The van der Waals surface area contributed by atoms with E-state index in [0.717, 1.165) is 19.5 Å². The second-order valence-electron chi connectivity index (χ2n) is 5.46. The van der Waals surface area contributed by atoms with Gasteiger partial charge in [-0.1, -0.05) is 5.16 Å². The van der Waals surface area contributed by atoms with Crippen molar-refractivity contribution in [3.63, 3.8) is 0 Å². The van der Waals surface area contributed by atoms with E-state index in [2.05, 4.69) is 39.4 Å². The quantitative estimate of drug-likeness (QED) is 0.724. The lowest BCUT2D eigenvalue weighted by atomic mass is 10.2. The zero-order valence-corrected chi connectivity index (χ0v) is 12.8. The molecule has 1 atom stereocenters. The van der Waals surface area contributed by atoms with Gasteiger partial charge in [0.2, 0.25) is 5.91 Å². The van der Waals surface area contributed by atoms with Gasteiger partial charge in [0.05, 0.1) is 13.1 Å². The second kappa shape index (κ2) is 7.48. The highest BCUT2D eigenvalue weighted by molar-refractivity contribution is 5.77. The molecule has 0 aliphatic carbocycles. The van der Waals surface area contributed by atoms with Crippen LogP contribution in [-0.2, 0) is 22.7 Å². The van der Waals surface area contributed by atoms with Gasteiger partial charge in [0, 0.05) is 26.2 Å². The van der Waals surface area contributed by atoms with Gasteiger partial charge in [0.25, 0.3) is 5.89 Å². The van der Waals surface area contributed by atoms with E-state index in [-0.39, 0.29) is 19.1 Å². The van der Waals surface area contributed by atoms with Crippen LogP contribution in [0.5, 0.6) is 0 Å². The Morgan fingerprint density at radius 2 is 2.38 bits per heavy atom. The third-order valence-corrected chi connectivity index (χ3v) is 3.57. The molecule has 1 aliphatic rings. The molecule has 0 aromatic carbocycles. The number of ether oxygens (including phenoxy) is 1. The number of methoxy groups -OCH3 is 1. The van der Waals surface area contributed by atoms with Crippen molar-refractivity contribution in [1.29, 1.82) is 0 Å². The van der Waals surface area contributed by atoms with Gasteiger partial charge in [-0.3, -0.25) is 9.69 Å². The van der Waals surface area contributed by atoms with Crippen molar-refractivity contribution < 1.29 is 14.1 Å². The number of carbonyl (C=O) groups excluding carboxylic acids is 1. The van der Waals surface area contributed by atoms with E-state index < -0.39 is 0 Å². The molecule has 1 aromatic rings. The average Bonchev–Trinajstić information content (AvgIpc) is 3.06. The van der Waals surface area contributed by atoms with Crippen LogP contribution in [0.25, 0.3) is 0 Å². The van der Waals surface area contributed by atoms with E-state index in [1.807, 2.05) is 0 Å². The number of carbonyl (C=O) groups is 1. The summed E-state index contributed by atoms with van der Waals surface area (Å²) in [4.78, 5) is 20.4. The molecule has 0 bridgehead atoms. The Labute approximate surface area is 124 Å². The minimum atomic E-state index is -0.0208. The first-order chi connectivity index (χ1) is 10.1. The van der Waals surface area contributed by atoms with Crippen molar-refractivity contribution in [3.8, 4) is 0 Å². The van der Waals surface area contributed by atoms with Crippen LogP contribution in [0.3, 0.4) is 0 Å². The van der Waals surface area contributed by atoms with Crippen LogP contribution >= 0.6 is 0 Å². The smallest absolute Gasteiger partial charge is 0.252 e. The summed E-state index contributed by atoms with van der Waals surface area (Å²) in [5.74, 6) is 0.852. The Morgan fingerprint density at radius 3 is 3.05 bits per heavy atom. The van der Waals surface area contributed by atoms with E-state index in [1.54, 1.807) is 7.11 Å². The van der Waals surface area contributed by atoms with Crippen LogP contribution in [-0.4, -0.2) is 72.7 Å². The van der Waals surface area contributed by atoms with Crippen molar-refractivity contribution in [3.05, 3.63) is 11.7 Å². The molecule has 1 fully saturated rings. The molecule has 0 saturated carbocycles. The predicted molar refractivity (Wildman–Crippen MR) is 75.4 cm³/mol. The SMILES string of the molecule is COCc1nc(CNC(=O)CN2CC[C@H](N(C)C)C2)no1. The maximum atomic E-state index is 11.9. The van der Waals surface area contributed by atoms with Gasteiger partial charge >= 0.3 is 0 Å². The molecule has 0 unspecified atom stereocenters. The molecule has 8 heteroatoms. The second-order valence-corrected chi connectivity index (χ2v) is 5.46. The summed E-state index contributed by atoms with van der Waals surface area (Å²) < 4.78 is 9.85. The van der Waals surface area contributed by atoms with Crippen LogP contribution < -0.4 is 5.32 Å². The van der Waals surface area contributed by atoms with Crippen LogP contribution in [0.2, 0.25) is 0 Å². The molecule has 118 valence electrons. The largest absolute Gasteiger partial charge is 0.375 e. The number of nitrogens with one attached hydrogen (secondary N) is 1. The van der Waals surface area contributed by atoms with Gasteiger partial charge in [-0.15, -0.1) is 0 Å². The van der Waals surface area contributed by atoms with Crippen molar-refractivity contribution in [2.45, 2.75) is 25.6 Å². The summed E-state index contributed by atoms with van der Waals surface area (Å²) in [5, 5.41) is 6.58. The molecule has 0 spiro atoms. The Balaban J connectivity index is 1.70. The van der Waals surface area contributed by atoms with Crippen molar-refractivity contribution in [1.82, 2.24) is 25.3 Å². The number of likely N-dealkylation sites (tertiary alicyclic amines) is 1. The minimum Gasteiger partial charge on any atom is -0.375 e. The van der Waals surface area contributed by atoms with Crippen molar-refractivity contribution in [2.24, 2.45) is 0 Å². The van der Waals surface area contributed by atoms with Crippen LogP contribution in [0.1, 0.15) is 18.1 Å². The van der Waals surface area contributed by atoms with Crippen molar-refractivity contribution in [2.75, 3.05) is 40.8 Å². The monoisotopic (exact) mass is 297 g/mol. The average molecular weight is 297 g/mol. The molecule has 21 heavy (non-hydrogen) atoms. The summed E-state index contributed by atoms with van der Waals surface area (Å²) in [6.07, 6.45) is 1.10. The number of rotatable bonds is 7. The number of nitrogens with zero attached hydrogens (tertiary/aromatic N) is 4. The van der Waals surface area contributed by atoms with Crippen LogP contribution in [0.15, 0.2) is 4.52 Å². The zero-order valence-electron chi connectivity index (χ0n) is 12.8. The lowest BCUT2D eigenvalue weighted by Crippen LogP contribution is -2.38. The first-order valence-corrected chi connectivity index (χ1v) is 7.04. The number of amides is 1. The maximum Gasteiger partial charge on any atom is 0.252 e. The fourth-order valence-corrected chi connectivity index (χ4v) is 2.36. The molecule has 1 aliphatic heterocycles. The van der Waals surface area contributed by atoms with E-state index in [1.165, 1.54) is 0 Å². The molecule has 1 N–H and O–H groups in total. The molecule has 2 rings (SSSR count). The highest BCUT2D eigenvalue weighted by Crippen LogP contribution is 2.12. The molecule has 2 heterocycles. The fourth-order valence-electron chi connectivity index (χ4n) is 2.36. The van der Waals surface area contributed by atoms with E-state index >= 15 is 0 Å². The molecule has 1 saturated heterocycles. The molecule has 0 radical (unpaired) electrons. The Hall–Kier alpha value is -1.51.